The van der Waals surface area contributed by atoms with Crippen LogP contribution >= 0.6 is 11.3 Å². The van der Waals surface area contributed by atoms with E-state index in [4.69, 9.17) is 9.72 Å². The van der Waals surface area contributed by atoms with Crippen molar-refractivity contribution in [1.29, 1.82) is 0 Å². The molecule has 0 amide bonds. The van der Waals surface area contributed by atoms with Crippen molar-refractivity contribution >= 4 is 21.6 Å². The Bertz CT molecular complexity index is 1300. The molecule has 0 saturated heterocycles. The van der Waals surface area contributed by atoms with Crippen LogP contribution in [-0.4, -0.2) is 31.6 Å². The van der Waals surface area contributed by atoms with E-state index < -0.39 is 0 Å². The summed E-state index contributed by atoms with van der Waals surface area (Å²) in [6.45, 7) is 0. The number of aromatic nitrogens is 5. The van der Waals surface area contributed by atoms with E-state index in [2.05, 4.69) is 27.1 Å². The maximum Gasteiger partial charge on any atom is 0.226 e. The van der Waals surface area contributed by atoms with Gasteiger partial charge >= 0.3 is 0 Å². The van der Waals surface area contributed by atoms with Gasteiger partial charge in [-0.05, 0) is 23.3 Å². The Morgan fingerprint density at radius 2 is 1.76 bits per heavy atom. The zero-order valence-electron chi connectivity index (χ0n) is 15.9. The smallest absolute Gasteiger partial charge is 0.226 e. The molecule has 0 saturated carbocycles. The van der Waals surface area contributed by atoms with Crippen LogP contribution in [0.1, 0.15) is 0 Å². The Hall–Kier alpha value is -3.58. The molecule has 4 aromatic heterocycles. The molecular formula is C22H17N5OS. The van der Waals surface area contributed by atoms with E-state index in [0.29, 0.717) is 17.4 Å². The van der Waals surface area contributed by atoms with E-state index in [0.717, 1.165) is 31.8 Å². The van der Waals surface area contributed by atoms with Crippen LogP contribution in [-0.2, 0) is 7.05 Å². The van der Waals surface area contributed by atoms with Crippen LogP contribution in [0.2, 0.25) is 0 Å². The molecule has 0 spiro atoms. The summed E-state index contributed by atoms with van der Waals surface area (Å²) in [6, 6.07) is 14.3. The second-order valence-electron chi connectivity index (χ2n) is 6.57. The maximum absolute atomic E-state index is 5.72. The van der Waals surface area contributed by atoms with Gasteiger partial charge in [0.15, 0.2) is 5.82 Å². The normalized spacial score (nSPS) is 11.1. The lowest BCUT2D eigenvalue weighted by Crippen LogP contribution is -1.95. The monoisotopic (exact) mass is 399 g/mol. The van der Waals surface area contributed by atoms with Crippen molar-refractivity contribution in [2.75, 3.05) is 7.11 Å². The van der Waals surface area contributed by atoms with Gasteiger partial charge in [0, 0.05) is 36.1 Å². The van der Waals surface area contributed by atoms with Gasteiger partial charge < -0.3 is 9.30 Å². The van der Waals surface area contributed by atoms with Crippen molar-refractivity contribution in [2.24, 2.45) is 7.05 Å². The summed E-state index contributed by atoms with van der Waals surface area (Å²) < 4.78 is 7.59. The Labute approximate surface area is 171 Å². The van der Waals surface area contributed by atoms with Crippen LogP contribution in [0.5, 0.6) is 5.88 Å². The Morgan fingerprint density at radius 1 is 0.966 bits per heavy atom. The van der Waals surface area contributed by atoms with Gasteiger partial charge in [0.05, 0.1) is 18.8 Å². The number of thiophene rings is 1. The number of fused-ring (bicyclic) bond motifs is 1. The first-order valence-corrected chi connectivity index (χ1v) is 9.89. The fourth-order valence-corrected chi connectivity index (χ4v) is 4.54. The molecule has 0 N–H and O–H groups in total. The van der Waals surface area contributed by atoms with E-state index in [-0.39, 0.29) is 0 Å². The first-order chi connectivity index (χ1) is 14.2. The molecule has 1 aromatic carbocycles. The van der Waals surface area contributed by atoms with Crippen LogP contribution in [0.25, 0.3) is 43.3 Å². The van der Waals surface area contributed by atoms with Crippen molar-refractivity contribution in [3.63, 3.8) is 0 Å². The van der Waals surface area contributed by atoms with E-state index in [1.807, 2.05) is 48.1 Å². The van der Waals surface area contributed by atoms with Gasteiger partial charge in [-0.2, -0.15) is 4.98 Å². The highest BCUT2D eigenvalue weighted by Crippen LogP contribution is 2.47. The Morgan fingerprint density at radius 3 is 2.45 bits per heavy atom. The fraction of sp³-hybridized carbons (Fsp3) is 0.0909. The molecule has 0 aliphatic carbocycles. The molecule has 142 valence electrons. The topological polar surface area (TPSA) is 65.7 Å². The molecule has 7 heteroatoms. The number of nitrogens with zero attached hydrogens (tertiary/aromatic N) is 5. The van der Waals surface area contributed by atoms with E-state index in [9.17, 15) is 0 Å². The quantitative estimate of drug-likeness (QED) is 0.433. The molecule has 0 aliphatic heterocycles. The fourth-order valence-electron chi connectivity index (χ4n) is 3.35. The number of ether oxygens (including phenoxy) is 1. The molecule has 0 fully saturated rings. The SMILES string of the molecule is COc1nc(-c2cn(C)cn2)nc2sc(-c3ccncc3)c(-c3ccccc3)c12. The van der Waals surface area contributed by atoms with Crippen molar-refractivity contribution in [3.8, 4) is 39.0 Å². The lowest BCUT2D eigenvalue weighted by Gasteiger charge is -2.08. The summed E-state index contributed by atoms with van der Waals surface area (Å²) in [5.74, 6) is 1.10. The first kappa shape index (κ1) is 17.5. The van der Waals surface area contributed by atoms with E-state index in [1.54, 1.807) is 37.2 Å². The van der Waals surface area contributed by atoms with Crippen LogP contribution < -0.4 is 4.74 Å². The summed E-state index contributed by atoms with van der Waals surface area (Å²) in [5.41, 5.74) is 3.97. The van der Waals surface area contributed by atoms with Crippen molar-refractivity contribution in [1.82, 2.24) is 24.5 Å². The van der Waals surface area contributed by atoms with Crippen LogP contribution in [0.3, 0.4) is 0 Å². The molecule has 5 aromatic rings. The highest BCUT2D eigenvalue weighted by atomic mass is 32.1. The minimum absolute atomic E-state index is 0.547. The van der Waals surface area contributed by atoms with Crippen molar-refractivity contribution < 1.29 is 4.74 Å². The molecule has 4 heterocycles. The Balaban J connectivity index is 1.84. The number of benzene rings is 1. The average molecular weight is 399 g/mol. The maximum atomic E-state index is 5.72. The predicted molar refractivity (Wildman–Crippen MR) is 115 cm³/mol. The second kappa shape index (κ2) is 7.10. The molecule has 5 rings (SSSR count). The third kappa shape index (κ3) is 3.05. The lowest BCUT2D eigenvalue weighted by molar-refractivity contribution is 0.403. The summed E-state index contributed by atoms with van der Waals surface area (Å²) in [4.78, 5) is 20.0. The summed E-state index contributed by atoms with van der Waals surface area (Å²) >= 11 is 1.62. The zero-order chi connectivity index (χ0) is 19.8. The van der Waals surface area contributed by atoms with Crippen molar-refractivity contribution in [2.45, 2.75) is 0 Å². The number of methoxy groups -OCH3 is 1. The summed E-state index contributed by atoms with van der Waals surface area (Å²) in [5, 5.41) is 0.912. The summed E-state index contributed by atoms with van der Waals surface area (Å²) in [6.07, 6.45) is 7.24. The molecule has 29 heavy (non-hydrogen) atoms. The average Bonchev–Trinajstić information content (AvgIpc) is 3.38. The Kier molecular flexibility index (Phi) is 4.29. The standard InChI is InChI=1S/C22H17N5OS/c1-27-12-16(24-13-27)20-25-21(28-2)18-17(14-6-4-3-5-7-14)19(29-22(18)26-20)15-8-10-23-11-9-15/h3-13H,1-2H3. The van der Waals surface area contributed by atoms with Gasteiger partial charge in [0.1, 0.15) is 10.5 Å². The van der Waals surface area contributed by atoms with Gasteiger partial charge in [-0.15, -0.1) is 11.3 Å². The zero-order valence-corrected chi connectivity index (χ0v) is 16.7. The second-order valence-corrected chi connectivity index (χ2v) is 7.57. The highest BCUT2D eigenvalue weighted by molar-refractivity contribution is 7.22. The van der Waals surface area contributed by atoms with Gasteiger partial charge in [0.25, 0.3) is 0 Å². The number of rotatable bonds is 4. The number of hydrogen-bond donors (Lipinski definition) is 0. The molecular weight excluding hydrogens is 382 g/mol. The third-order valence-electron chi connectivity index (χ3n) is 4.65. The van der Waals surface area contributed by atoms with Crippen LogP contribution in [0.4, 0.5) is 0 Å². The third-order valence-corrected chi connectivity index (χ3v) is 5.78. The van der Waals surface area contributed by atoms with Crippen LogP contribution in [0, 0.1) is 0 Å². The molecule has 0 atom stereocenters. The van der Waals surface area contributed by atoms with Gasteiger partial charge in [0.2, 0.25) is 5.88 Å². The van der Waals surface area contributed by atoms with Crippen molar-refractivity contribution in [3.05, 3.63) is 67.4 Å². The molecule has 0 bridgehead atoms. The molecule has 0 aliphatic rings. The number of aryl methyl sites for hydroxylation is 1. The van der Waals surface area contributed by atoms with Crippen LogP contribution in [0.15, 0.2) is 67.4 Å². The highest BCUT2D eigenvalue weighted by Gasteiger charge is 2.22. The summed E-state index contributed by atoms with van der Waals surface area (Å²) in [7, 11) is 3.56. The molecule has 6 nitrogen and oxygen atoms in total. The minimum Gasteiger partial charge on any atom is -0.480 e. The van der Waals surface area contributed by atoms with Gasteiger partial charge in [-0.1, -0.05) is 30.3 Å². The number of imidazole rings is 1. The molecule has 0 radical (unpaired) electrons. The van der Waals surface area contributed by atoms with Gasteiger partial charge in [-0.3, -0.25) is 4.98 Å². The molecule has 0 unspecified atom stereocenters. The number of hydrogen-bond acceptors (Lipinski definition) is 6. The number of pyridine rings is 1. The van der Waals surface area contributed by atoms with E-state index >= 15 is 0 Å². The largest absolute Gasteiger partial charge is 0.480 e. The van der Waals surface area contributed by atoms with E-state index in [1.165, 1.54) is 0 Å². The van der Waals surface area contributed by atoms with Gasteiger partial charge in [-0.25, -0.2) is 9.97 Å². The predicted octanol–water partition coefficient (Wildman–Crippen LogP) is 4.83. The lowest BCUT2D eigenvalue weighted by atomic mass is 10.0. The first-order valence-electron chi connectivity index (χ1n) is 9.07. The minimum atomic E-state index is 0.547.